The van der Waals surface area contributed by atoms with Gasteiger partial charge in [0.25, 0.3) is 0 Å². The molecule has 2 aromatic rings. The summed E-state index contributed by atoms with van der Waals surface area (Å²) >= 11 is 6.13. The Labute approximate surface area is 150 Å². The van der Waals surface area contributed by atoms with Gasteiger partial charge in [0.15, 0.2) is 0 Å². The fraction of sp³-hybridized carbons (Fsp3) is 0.211. The van der Waals surface area contributed by atoms with E-state index in [1.165, 1.54) is 0 Å². The molecule has 0 unspecified atom stereocenters. The van der Waals surface area contributed by atoms with Gasteiger partial charge < -0.3 is 10.2 Å². The first kappa shape index (κ1) is 17.0. The third-order valence-electron chi connectivity index (χ3n) is 4.24. The second kappa shape index (κ2) is 6.96. The van der Waals surface area contributed by atoms with Crippen molar-refractivity contribution >= 4 is 34.8 Å². The van der Waals surface area contributed by atoms with Crippen molar-refractivity contribution in [1.82, 2.24) is 0 Å². The molecule has 25 heavy (non-hydrogen) atoms. The summed E-state index contributed by atoms with van der Waals surface area (Å²) in [6.45, 7) is 2.21. The fourth-order valence-corrected chi connectivity index (χ4v) is 2.93. The van der Waals surface area contributed by atoms with Gasteiger partial charge in [-0.2, -0.15) is 5.26 Å². The minimum absolute atomic E-state index is 0.0973. The standard InChI is InChI=1S/C19H16ClN3O2/c1-12-2-7-16(9-17(12)20)23-11-14(8-18(23)24)19(25)22-15-5-3-13(10-21)4-6-15/h2-7,9,14H,8,11H2,1H3,(H,22,25)/t14-/m1/s1. The number of nitrogens with one attached hydrogen (secondary N) is 1. The number of aryl methyl sites for hydroxylation is 1. The summed E-state index contributed by atoms with van der Waals surface area (Å²) in [4.78, 5) is 26.3. The van der Waals surface area contributed by atoms with E-state index >= 15 is 0 Å². The average molecular weight is 354 g/mol. The van der Waals surface area contributed by atoms with E-state index in [1.54, 1.807) is 35.2 Å². The summed E-state index contributed by atoms with van der Waals surface area (Å²) in [5, 5.41) is 12.2. The SMILES string of the molecule is Cc1ccc(N2C[C@H](C(=O)Nc3ccc(C#N)cc3)CC2=O)cc1Cl. The average Bonchev–Trinajstić information content (AvgIpc) is 3.00. The predicted octanol–water partition coefficient (Wildman–Crippen LogP) is 3.51. The molecule has 3 rings (SSSR count). The molecule has 6 heteroatoms. The number of amides is 2. The quantitative estimate of drug-likeness (QED) is 0.917. The zero-order chi connectivity index (χ0) is 18.0. The Morgan fingerprint density at radius 3 is 2.64 bits per heavy atom. The number of carbonyl (C=O) groups excluding carboxylic acids is 2. The van der Waals surface area contributed by atoms with Crippen molar-refractivity contribution in [2.45, 2.75) is 13.3 Å². The molecular formula is C19H16ClN3O2. The molecule has 1 heterocycles. The first-order chi connectivity index (χ1) is 12.0. The summed E-state index contributed by atoms with van der Waals surface area (Å²) in [6.07, 6.45) is 0.160. The van der Waals surface area contributed by atoms with Crippen LogP contribution in [0.15, 0.2) is 42.5 Å². The molecule has 1 aliphatic rings. The van der Waals surface area contributed by atoms with Crippen LogP contribution in [0.3, 0.4) is 0 Å². The molecule has 1 N–H and O–H groups in total. The molecule has 1 atom stereocenters. The van der Waals surface area contributed by atoms with Crippen LogP contribution >= 0.6 is 11.6 Å². The lowest BCUT2D eigenvalue weighted by molar-refractivity contribution is -0.122. The topological polar surface area (TPSA) is 73.2 Å². The van der Waals surface area contributed by atoms with Gasteiger partial charge in [0, 0.05) is 29.4 Å². The number of halogens is 1. The van der Waals surface area contributed by atoms with E-state index in [2.05, 4.69) is 5.32 Å². The Morgan fingerprint density at radius 2 is 2.00 bits per heavy atom. The lowest BCUT2D eigenvalue weighted by atomic mass is 10.1. The highest BCUT2D eigenvalue weighted by atomic mass is 35.5. The van der Waals surface area contributed by atoms with Crippen molar-refractivity contribution in [3.63, 3.8) is 0 Å². The van der Waals surface area contributed by atoms with Crippen LogP contribution in [-0.4, -0.2) is 18.4 Å². The summed E-state index contributed by atoms with van der Waals surface area (Å²) in [6, 6.07) is 14.1. The fourth-order valence-electron chi connectivity index (χ4n) is 2.75. The maximum atomic E-state index is 12.4. The molecule has 126 valence electrons. The predicted molar refractivity (Wildman–Crippen MR) is 96.4 cm³/mol. The summed E-state index contributed by atoms with van der Waals surface area (Å²) < 4.78 is 0. The van der Waals surface area contributed by atoms with Gasteiger partial charge in [0.05, 0.1) is 17.6 Å². The first-order valence-corrected chi connectivity index (χ1v) is 8.23. The van der Waals surface area contributed by atoms with Gasteiger partial charge in [-0.05, 0) is 48.9 Å². The molecule has 2 aromatic carbocycles. The summed E-state index contributed by atoms with van der Waals surface area (Å²) in [7, 11) is 0. The minimum atomic E-state index is -0.428. The zero-order valence-electron chi connectivity index (χ0n) is 13.6. The molecule has 5 nitrogen and oxygen atoms in total. The van der Waals surface area contributed by atoms with Crippen molar-refractivity contribution in [2.24, 2.45) is 5.92 Å². The lowest BCUT2D eigenvalue weighted by Gasteiger charge is -2.17. The van der Waals surface area contributed by atoms with E-state index in [-0.39, 0.29) is 18.2 Å². The van der Waals surface area contributed by atoms with Crippen molar-refractivity contribution in [2.75, 3.05) is 16.8 Å². The third kappa shape index (κ3) is 3.65. The van der Waals surface area contributed by atoms with E-state index in [4.69, 9.17) is 16.9 Å². The Bertz CT molecular complexity index is 871. The monoisotopic (exact) mass is 353 g/mol. The second-order valence-corrected chi connectivity index (χ2v) is 6.42. The van der Waals surface area contributed by atoms with Gasteiger partial charge >= 0.3 is 0 Å². The first-order valence-electron chi connectivity index (χ1n) is 7.85. The van der Waals surface area contributed by atoms with Crippen LogP contribution in [0.25, 0.3) is 0 Å². The van der Waals surface area contributed by atoms with Crippen LogP contribution < -0.4 is 10.2 Å². The third-order valence-corrected chi connectivity index (χ3v) is 4.65. The highest BCUT2D eigenvalue weighted by Gasteiger charge is 2.35. The minimum Gasteiger partial charge on any atom is -0.326 e. The van der Waals surface area contributed by atoms with Crippen LogP contribution in [-0.2, 0) is 9.59 Å². The Balaban J connectivity index is 1.69. The van der Waals surface area contributed by atoms with Gasteiger partial charge in [0.2, 0.25) is 11.8 Å². The Kier molecular flexibility index (Phi) is 4.73. The van der Waals surface area contributed by atoms with Gasteiger partial charge in [-0.3, -0.25) is 9.59 Å². The van der Waals surface area contributed by atoms with E-state index in [9.17, 15) is 9.59 Å². The Morgan fingerprint density at radius 1 is 1.28 bits per heavy atom. The molecule has 1 fully saturated rings. The molecule has 0 aromatic heterocycles. The van der Waals surface area contributed by atoms with E-state index in [0.29, 0.717) is 28.5 Å². The normalized spacial score (nSPS) is 16.6. The number of hydrogen-bond acceptors (Lipinski definition) is 3. The molecule has 1 saturated heterocycles. The van der Waals surface area contributed by atoms with Crippen molar-refractivity contribution in [1.29, 1.82) is 5.26 Å². The number of nitrogens with zero attached hydrogens (tertiary/aromatic N) is 2. The van der Waals surface area contributed by atoms with Crippen LogP contribution in [0.5, 0.6) is 0 Å². The van der Waals surface area contributed by atoms with Crippen LogP contribution in [0.2, 0.25) is 5.02 Å². The zero-order valence-corrected chi connectivity index (χ0v) is 14.4. The number of hydrogen-bond donors (Lipinski definition) is 1. The van der Waals surface area contributed by atoms with Gasteiger partial charge in [-0.25, -0.2) is 0 Å². The van der Waals surface area contributed by atoms with Gasteiger partial charge in [0.1, 0.15) is 0 Å². The molecular weight excluding hydrogens is 338 g/mol. The number of rotatable bonds is 3. The van der Waals surface area contributed by atoms with Crippen molar-refractivity contribution < 1.29 is 9.59 Å². The molecule has 1 aliphatic heterocycles. The molecule has 0 bridgehead atoms. The lowest BCUT2D eigenvalue weighted by Crippen LogP contribution is -2.28. The highest BCUT2D eigenvalue weighted by Crippen LogP contribution is 2.29. The maximum absolute atomic E-state index is 12.4. The summed E-state index contributed by atoms with van der Waals surface area (Å²) in [5.41, 5.74) is 2.77. The maximum Gasteiger partial charge on any atom is 0.229 e. The summed E-state index contributed by atoms with van der Waals surface area (Å²) in [5.74, 6) is -0.734. The van der Waals surface area contributed by atoms with Crippen LogP contribution in [0, 0.1) is 24.2 Å². The molecule has 0 spiro atoms. The van der Waals surface area contributed by atoms with Crippen molar-refractivity contribution in [3.8, 4) is 6.07 Å². The van der Waals surface area contributed by atoms with E-state index in [0.717, 1.165) is 5.56 Å². The largest absolute Gasteiger partial charge is 0.326 e. The van der Waals surface area contributed by atoms with E-state index in [1.807, 2.05) is 25.1 Å². The highest BCUT2D eigenvalue weighted by molar-refractivity contribution is 6.31. The van der Waals surface area contributed by atoms with Gasteiger partial charge in [-0.1, -0.05) is 17.7 Å². The van der Waals surface area contributed by atoms with Crippen LogP contribution in [0.1, 0.15) is 17.5 Å². The number of nitriles is 1. The molecule has 2 amide bonds. The second-order valence-electron chi connectivity index (χ2n) is 6.02. The molecule has 0 radical (unpaired) electrons. The number of carbonyl (C=O) groups is 2. The number of benzene rings is 2. The molecule has 0 aliphatic carbocycles. The van der Waals surface area contributed by atoms with Crippen LogP contribution in [0.4, 0.5) is 11.4 Å². The van der Waals surface area contributed by atoms with Crippen molar-refractivity contribution in [3.05, 3.63) is 58.6 Å². The molecule has 0 saturated carbocycles. The Hall–Kier alpha value is -2.84. The number of anilines is 2. The van der Waals surface area contributed by atoms with Gasteiger partial charge in [-0.15, -0.1) is 0 Å². The van der Waals surface area contributed by atoms with E-state index < -0.39 is 5.92 Å². The smallest absolute Gasteiger partial charge is 0.229 e.